The summed E-state index contributed by atoms with van der Waals surface area (Å²) >= 11 is 0. The van der Waals surface area contributed by atoms with Gasteiger partial charge in [0.05, 0.1) is 26.1 Å². The molecule has 2 aromatic carbocycles. The highest BCUT2D eigenvalue weighted by Gasteiger charge is 2.40. The van der Waals surface area contributed by atoms with Crippen molar-refractivity contribution in [2.24, 2.45) is 10.9 Å². The second kappa shape index (κ2) is 9.57. The van der Waals surface area contributed by atoms with Crippen molar-refractivity contribution in [3.05, 3.63) is 78.4 Å². The number of fused-ring (bicyclic) bond motifs is 1. The Bertz CT molecular complexity index is 1430. The lowest BCUT2D eigenvalue weighted by atomic mass is 9.87. The van der Waals surface area contributed by atoms with Crippen LogP contribution in [0.15, 0.2) is 72.0 Å². The number of nitrogens with zero attached hydrogens (tertiary/aromatic N) is 5. The molecule has 10 heteroatoms. The number of ether oxygens (including phenoxy) is 2. The van der Waals surface area contributed by atoms with Gasteiger partial charge in [-0.1, -0.05) is 18.2 Å². The van der Waals surface area contributed by atoms with E-state index in [1.807, 2.05) is 0 Å². The number of anilines is 1. The molecule has 0 aliphatic carbocycles. The molecule has 1 N–H and O–H groups in total. The SMILES string of the molecule is COc1cc(OC)cc(-c2nc3n(n2)C(c2ccccc2F)C(C(=O)Nc2cccnc2)C(C)=N3)c1. The van der Waals surface area contributed by atoms with Crippen LogP contribution in [0.25, 0.3) is 11.4 Å². The third-order valence-corrected chi connectivity index (χ3v) is 5.96. The van der Waals surface area contributed by atoms with E-state index < -0.39 is 17.8 Å². The molecular weight excluding hydrogens is 463 g/mol. The van der Waals surface area contributed by atoms with Crippen molar-refractivity contribution in [2.45, 2.75) is 13.0 Å². The molecule has 0 saturated heterocycles. The van der Waals surface area contributed by atoms with Crippen molar-refractivity contribution in [3.8, 4) is 22.9 Å². The number of hydrogen-bond donors (Lipinski definition) is 1. The highest BCUT2D eigenvalue weighted by molar-refractivity contribution is 6.10. The van der Waals surface area contributed by atoms with Gasteiger partial charge in [-0.15, -0.1) is 5.10 Å². The molecule has 4 aromatic rings. The third kappa shape index (κ3) is 4.28. The summed E-state index contributed by atoms with van der Waals surface area (Å²) in [7, 11) is 3.11. The smallest absolute Gasteiger partial charge is 0.248 e. The van der Waals surface area contributed by atoms with Gasteiger partial charge in [0.15, 0.2) is 5.82 Å². The molecule has 0 radical (unpaired) electrons. The molecular formula is C26H23FN6O3. The van der Waals surface area contributed by atoms with E-state index in [0.29, 0.717) is 39.8 Å². The van der Waals surface area contributed by atoms with E-state index in [4.69, 9.17) is 9.47 Å². The Kier molecular flexibility index (Phi) is 6.16. The highest BCUT2D eigenvalue weighted by Crippen LogP contribution is 2.39. The zero-order valence-corrected chi connectivity index (χ0v) is 19.8. The average Bonchev–Trinajstić information content (AvgIpc) is 3.32. The maximum Gasteiger partial charge on any atom is 0.248 e. The summed E-state index contributed by atoms with van der Waals surface area (Å²) in [6.07, 6.45) is 3.16. The Hall–Kier alpha value is -4.60. The van der Waals surface area contributed by atoms with Crippen LogP contribution in [-0.2, 0) is 4.79 Å². The second-order valence-corrected chi connectivity index (χ2v) is 8.21. The van der Waals surface area contributed by atoms with Crippen LogP contribution in [0.5, 0.6) is 11.5 Å². The maximum absolute atomic E-state index is 15.1. The Labute approximate surface area is 206 Å². The molecule has 36 heavy (non-hydrogen) atoms. The number of methoxy groups -OCH3 is 2. The fraction of sp³-hybridized carbons (Fsp3) is 0.192. The van der Waals surface area contributed by atoms with Crippen LogP contribution >= 0.6 is 0 Å². The van der Waals surface area contributed by atoms with E-state index in [1.54, 1.807) is 82.1 Å². The minimum Gasteiger partial charge on any atom is -0.497 e. The molecule has 0 saturated carbocycles. The Balaban J connectivity index is 1.62. The Morgan fingerprint density at radius 3 is 2.47 bits per heavy atom. The van der Waals surface area contributed by atoms with Gasteiger partial charge in [-0.25, -0.2) is 14.1 Å². The first-order valence-electron chi connectivity index (χ1n) is 11.2. The molecule has 5 rings (SSSR count). The summed E-state index contributed by atoms with van der Waals surface area (Å²) < 4.78 is 27.4. The molecule has 182 valence electrons. The lowest BCUT2D eigenvalue weighted by Crippen LogP contribution is -2.39. The Morgan fingerprint density at radius 1 is 1.06 bits per heavy atom. The molecule has 1 aliphatic rings. The number of halogens is 1. The van der Waals surface area contributed by atoms with Crippen LogP contribution < -0.4 is 14.8 Å². The maximum atomic E-state index is 15.1. The number of pyridine rings is 1. The van der Waals surface area contributed by atoms with E-state index in [0.717, 1.165) is 0 Å². The first-order valence-corrected chi connectivity index (χ1v) is 11.2. The minimum atomic E-state index is -0.844. The van der Waals surface area contributed by atoms with E-state index in [-0.39, 0.29) is 11.9 Å². The van der Waals surface area contributed by atoms with Crippen molar-refractivity contribution < 1.29 is 18.7 Å². The van der Waals surface area contributed by atoms with Crippen LogP contribution in [0.3, 0.4) is 0 Å². The van der Waals surface area contributed by atoms with E-state index in [1.165, 1.54) is 10.7 Å². The van der Waals surface area contributed by atoms with Gasteiger partial charge in [-0.05, 0) is 37.3 Å². The summed E-state index contributed by atoms with van der Waals surface area (Å²) in [6, 6.07) is 14.2. The predicted molar refractivity (Wildman–Crippen MR) is 132 cm³/mol. The number of benzene rings is 2. The fourth-order valence-corrected chi connectivity index (χ4v) is 4.25. The number of hydrogen-bond acceptors (Lipinski definition) is 7. The number of aromatic nitrogens is 4. The normalized spacial score (nSPS) is 16.6. The fourth-order valence-electron chi connectivity index (χ4n) is 4.25. The average molecular weight is 487 g/mol. The topological polar surface area (TPSA) is 104 Å². The van der Waals surface area contributed by atoms with Gasteiger partial charge in [-0.2, -0.15) is 4.98 Å². The van der Waals surface area contributed by atoms with Gasteiger partial charge in [-0.3, -0.25) is 9.78 Å². The summed E-state index contributed by atoms with van der Waals surface area (Å²) in [5.41, 5.74) is 1.94. The first kappa shape index (κ1) is 23.2. The van der Waals surface area contributed by atoms with Crippen molar-refractivity contribution in [2.75, 3.05) is 19.5 Å². The van der Waals surface area contributed by atoms with Crippen molar-refractivity contribution in [3.63, 3.8) is 0 Å². The lowest BCUT2D eigenvalue weighted by molar-refractivity contribution is -0.118. The quantitative estimate of drug-likeness (QED) is 0.432. The van der Waals surface area contributed by atoms with Gasteiger partial charge < -0.3 is 14.8 Å². The van der Waals surface area contributed by atoms with Gasteiger partial charge in [0.2, 0.25) is 11.9 Å². The van der Waals surface area contributed by atoms with Gasteiger partial charge >= 0.3 is 0 Å². The number of carbonyl (C=O) groups is 1. The molecule has 2 unspecified atom stereocenters. The lowest BCUT2D eigenvalue weighted by Gasteiger charge is -2.30. The van der Waals surface area contributed by atoms with Crippen LogP contribution in [0.1, 0.15) is 18.5 Å². The summed E-state index contributed by atoms with van der Waals surface area (Å²) in [5.74, 6) is 0.0819. The van der Waals surface area contributed by atoms with E-state index in [9.17, 15) is 4.79 Å². The molecule has 3 heterocycles. The summed E-state index contributed by atoms with van der Waals surface area (Å²) in [4.78, 5) is 26.7. The Morgan fingerprint density at radius 2 is 1.81 bits per heavy atom. The molecule has 1 amide bonds. The number of nitrogens with one attached hydrogen (secondary N) is 1. The van der Waals surface area contributed by atoms with Crippen LogP contribution in [-0.4, -0.2) is 45.6 Å². The first-order chi connectivity index (χ1) is 17.5. The zero-order chi connectivity index (χ0) is 25.2. The summed E-state index contributed by atoms with van der Waals surface area (Å²) in [6.45, 7) is 1.73. The third-order valence-electron chi connectivity index (χ3n) is 5.96. The van der Waals surface area contributed by atoms with Crippen LogP contribution in [0, 0.1) is 11.7 Å². The standard InChI is InChI=1S/C26H23FN6O3/c1-15-22(25(34)30-17-7-6-10-28-14-17)23(20-8-4-5-9-21(20)27)33-26(29-15)31-24(32-33)16-11-18(35-2)13-19(12-16)36-3/h4-14,22-23H,1-3H3,(H,30,34). The number of carbonyl (C=O) groups excluding carboxylic acids is 1. The van der Waals surface area contributed by atoms with E-state index in [2.05, 4.69) is 25.4 Å². The van der Waals surface area contributed by atoms with Crippen molar-refractivity contribution >= 4 is 23.3 Å². The molecule has 0 spiro atoms. The number of amides is 1. The van der Waals surface area contributed by atoms with Gasteiger partial charge in [0.1, 0.15) is 29.3 Å². The van der Waals surface area contributed by atoms with Crippen molar-refractivity contribution in [1.29, 1.82) is 0 Å². The van der Waals surface area contributed by atoms with Crippen molar-refractivity contribution in [1.82, 2.24) is 19.7 Å². The predicted octanol–water partition coefficient (Wildman–Crippen LogP) is 4.45. The molecule has 1 aliphatic heterocycles. The molecule has 0 fully saturated rings. The molecule has 2 atom stereocenters. The van der Waals surface area contributed by atoms with Crippen LogP contribution in [0.4, 0.5) is 16.0 Å². The van der Waals surface area contributed by atoms with Gasteiger partial charge in [0, 0.05) is 29.1 Å². The molecule has 2 aromatic heterocycles. The minimum absolute atomic E-state index is 0.267. The largest absolute Gasteiger partial charge is 0.497 e. The second-order valence-electron chi connectivity index (χ2n) is 8.21. The van der Waals surface area contributed by atoms with E-state index >= 15 is 4.39 Å². The molecule has 9 nitrogen and oxygen atoms in total. The van der Waals surface area contributed by atoms with Gasteiger partial charge in [0.25, 0.3) is 0 Å². The number of aliphatic imine (C=N–C) groups is 1. The number of rotatable bonds is 6. The monoisotopic (exact) mass is 486 g/mol. The van der Waals surface area contributed by atoms with Crippen LogP contribution in [0.2, 0.25) is 0 Å². The summed E-state index contributed by atoms with van der Waals surface area (Å²) in [5, 5.41) is 7.53. The molecule has 0 bridgehead atoms. The highest BCUT2D eigenvalue weighted by atomic mass is 19.1. The zero-order valence-electron chi connectivity index (χ0n) is 19.8.